The molecule has 2 rings (SSSR count). The summed E-state index contributed by atoms with van der Waals surface area (Å²) in [6.45, 7) is 1.72. The standard InChI is InChI=1S/C15H18O2.ClH/c1-11(15(16)17)12-7-9-14(10-8-12)13-5-3-2-4-6-13;/h5,7-11H,2-4,6H2,1H3,(H,16,17);1H. The van der Waals surface area contributed by atoms with Gasteiger partial charge in [-0.15, -0.1) is 12.4 Å². The van der Waals surface area contributed by atoms with Crippen molar-refractivity contribution in [2.45, 2.75) is 38.5 Å². The maximum atomic E-state index is 10.9. The summed E-state index contributed by atoms with van der Waals surface area (Å²) in [4.78, 5) is 10.9. The maximum Gasteiger partial charge on any atom is 0.310 e. The summed E-state index contributed by atoms with van der Waals surface area (Å²) in [5.41, 5.74) is 3.52. The van der Waals surface area contributed by atoms with Crippen molar-refractivity contribution in [3.05, 3.63) is 41.5 Å². The normalized spacial score (nSPS) is 16.4. The Morgan fingerprint density at radius 3 is 2.39 bits per heavy atom. The quantitative estimate of drug-likeness (QED) is 0.888. The van der Waals surface area contributed by atoms with Gasteiger partial charge in [-0.3, -0.25) is 4.79 Å². The zero-order valence-electron chi connectivity index (χ0n) is 10.6. The van der Waals surface area contributed by atoms with Crippen LogP contribution in [-0.4, -0.2) is 11.1 Å². The third-order valence-corrected chi connectivity index (χ3v) is 3.44. The van der Waals surface area contributed by atoms with Crippen molar-refractivity contribution in [2.24, 2.45) is 0 Å². The highest BCUT2D eigenvalue weighted by atomic mass is 35.5. The lowest BCUT2D eigenvalue weighted by Gasteiger charge is -2.14. The molecule has 0 saturated heterocycles. The summed E-state index contributed by atoms with van der Waals surface area (Å²) in [5.74, 6) is -1.20. The highest BCUT2D eigenvalue weighted by molar-refractivity contribution is 5.85. The van der Waals surface area contributed by atoms with E-state index in [4.69, 9.17) is 5.11 Å². The van der Waals surface area contributed by atoms with Crippen molar-refractivity contribution in [1.29, 1.82) is 0 Å². The third-order valence-electron chi connectivity index (χ3n) is 3.44. The van der Waals surface area contributed by atoms with Crippen molar-refractivity contribution in [2.75, 3.05) is 0 Å². The molecule has 1 aromatic rings. The lowest BCUT2D eigenvalue weighted by atomic mass is 9.92. The zero-order chi connectivity index (χ0) is 12.3. The molecule has 1 unspecified atom stereocenters. The van der Waals surface area contributed by atoms with Gasteiger partial charge in [0.2, 0.25) is 0 Å². The number of aliphatic carboxylic acids is 1. The maximum absolute atomic E-state index is 10.9. The monoisotopic (exact) mass is 266 g/mol. The molecule has 1 atom stereocenters. The van der Waals surface area contributed by atoms with E-state index in [0.29, 0.717) is 0 Å². The Morgan fingerprint density at radius 2 is 1.89 bits per heavy atom. The molecule has 98 valence electrons. The number of carbonyl (C=O) groups is 1. The minimum atomic E-state index is -0.769. The van der Waals surface area contributed by atoms with Crippen LogP contribution in [0.25, 0.3) is 5.57 Å². The molecule has 18 heavy (non-hydrogen) atoms. The van der Waals surface area contributed by atoms with Crippen LogP contribution >= 0.6 is 12.4 Å². The molecule has 0 bridgehead atoms. The summed E-state index contributed by atoms with van der Waals surface area (Å²) in [5, 5.41) is 8.94. The molecule has 3 heteroatoms. The molecule has 1 aromatic carbocycles. The third kappa shape index (κ3) is 3.36. The van der Waals surface area contributed by atoms with Crippen LogP contribution in [0.1, 0.15) is 49.7 Å². The van der Waals surface area contributed by atoms with E-state index in [9.17, 15) is 4.79 Å². The number of benzene rings is 1. The van der Waals surface area contributed by atoms with Crippen LogP contribution in [0.4, 0.5) is 0 Å². The van der Waals surface area contributed by atoms with Gasteiger partial charge in [0, 0.05) is 0 Å². The van der Waals surface area contributed by atoms with Gasteiger partial charge in [-0.25, -0.2) is 0 Å². The smallest absolute Gasteiger partial charge is 0.310 e. The van der Waals surface area contributed by atoms with E-state index >= 15 is 0 Å². The predicted molar refractivity (Wildman–Crippen MR) is 76.2 cm³/mol. The molecular formula is C15H19ClO2. The fourth-order valence-corrected chi connectivity index (χ4v) is 2.23. The van der Waals surface area contributed by atoms with Crippen molar-refractivity contribution >= 4 is 23.9 Å². The second-order valence-corrected chi connectivity index (χ2v) is 4.66. The summed E-state index contributed by atoms with van der Waals surface area (Å²) in [6, 6.07) is 7.96. The first-order valence-electron chi connectivity index (χ1n) is 6.20. The highest BCUT2D eigenvalue weighted by Gasteiger charge is 2.13. The van der Waals surface area contributed by atoms with E-state index in [1.54, 1.807) is 6.92 Å². The summed E-state index contributed by atoms with van der Waals surface area (Å²) < 4.78 is 0. The highest BCUT2D eigenvalue weighted by Crippen LogP contribution is 2.27. The second kappa shape index (κ2) is 6.60. The number of hydrogen-bond acceptors (Lipinski definition) is 1. The Hall–Kier alpha value is -1.28. The molecule has 0 radical (unpaired) electrons. The van der Waals surface area contributed by atoms with E-state index in [-0.39, 0.29) is 12.4 Å². The van der Waals surface area contributed by atoms with E-state index in [1.165, 1.54) is 30.4 Å². The fourth-order valence-electron chi connectivity index (χ4n) is 2.23. The van der Waals surface area contributed by atoms with Crippen LogP contribution in [0.2, 0.25) is 0 Å². The molecule has 1 aliphatic carbocycles. The SMILES string of the molecule is CC(C(=O)O)c1ccc(C2=CCCCC2)cc1.Cl. The number of allylic oxidation sites excluding steroid dienone is 2. The molecular weight excluding hydrogens is 248 g/mol. The van der Waals surface area contributed by atoms with Crippen molar-refractivity contribution < 1.29 is 9.90 Å². The largest absolute Gasteiger partial charge is 0.481 e. The Balaban J connectivity index is 0.00000162. The predicted octanol–water partition coefficient (Wildman–Crippen LogP) is 4.25. The van der Waals surface area contributed by atoms with E-state index in [0.717, 1.165) is 12.0 Å². The first-order valence-corrected chi connectivity index (χ1v) is 6.20. The van der Waals surface area contributed by atoms with Crippen LogP contribution in [0.3, 0.4) is 0 Å². The van der Waals surface area contributed by atoms with Gasteiger partial charge in [-0.2, -0.15) is 0 Å². The zero-order valence-corrected chi connectivity index (χ0v) is 11.4. The second-order valence-electron chi connectivity index (χ2n) is 4.66. The van der Waals surface area contributed by atoms with Crippen LogP contribution in [0, 0.1) is 0 Å². The number of carboxylic acid groups (broad SMARTS) is 1. The number of hydrogen-bond donors (Lipinski definition) is 1. The van der Waals surface area contributed by atoms with Crippen LogP contribution in [0.5, 0.6) is 0 Å². The Kier molecular flexibility index (Phi) is 5.42. The molecule has 0 amide bonds. The number of halogens is 1. The van der Waals surface area contributed by atoms with Crippen LogP contribution in [-0.2, 0) is 4.79 Å². The van der Waals surface area contributed by atoms with E-state index in [2.05, 4.69) is 6.08 Å². The fraction of sp³-hybridized carbons (Fsp3) is 0.400. The number of carboxylic acids is 1. The van der Waals surface area contributed by atoms with Crippen molar-refractivity contribution in [3.8, 4) is 0 Å². The molecule has 0 aromatic heterocycles. The van der Waals surface area contributed by atoms with Crippen LogP contribution in [0.15, 0.2) is 30.3 Å². The molecule has 1 aliphatic rings. The number of rotatable bonds is 3. The van der Waals surface area contributed by atoms with Gasteiger partial charge in [0.15, 0.2) is 0 Å². The van der Waals surface area contributed by atoms with Gasteiger partial charge in [0.1, 0.15) is 0 Å². The topological polar surface area (TPSA) is 37.3 Å². The first-order chi connectivity index (χ1) is 8.18. The lowest BCUT2D eigenvalue weighted by Crippen LogP contribution is -2.07. The van der Waals surface area contributed by atoms with Gasteiger partial charge in [0.25, 0.3) is 0 Å². The van der Waals surface area contributed by atoms with Gasteiger partial charge in [0.05, 0.1) is 5.92 Å². The molecule has 2 nitrogen and oxygen atoms in total. The Bertz CT molecular complexity index is 434. The van der Waals surface area contributed by atoms with Gasteiger partial charge in [-0.1, -0.05) is 30.3 Å². The van der Waals surface area contributed by atoms with Gasteiger partial charge in [-0.05, 0) is 49.3 Å². The summed E-state index contributed by atoms with van der Waals surface area (Å²) >= 11 is 0. The van der Waals surface area contributed by atoms with E-state index in [1.807, 2.05) is 24.3 Å². The summed E-state index contributed by atoms with van der Waals surface area (Å²) in [6.07, 6.45) is 7.17. The average Bonchev–Trinajstić information content (AvgIpc) is 2.39. The summed E-state index contributed by atoms with van der Waals surface area (Å²) in [7, 11) is 0. The average molecular weight is 267 g/mol. The molecule has 0 saturated carbocycles. The Morgan fingerprint density at radius 1 is 1.22 bits per heavy atom. The minimum absolute atomic E-state index is 0. The van der Waals surface area contributed by atoms with Crippen molar-refractivity contribution in [1.82, 2.24) is 0 Å². The van der Waals surface area contributed by atoms with Crippen LogP contribution < -0.4 is 0 Å². The minimum Gasteiger partial charge on any atom is -0.481 e. The van der Waals surface area contributed by atoms with Gasteiger partial charge < -0.3 is 5.11 Å². The van der Waals surface area contributed by atoms with Gasteiger partial charge >= 0.3 is 5.97 Å². The molecule has 0 fully saturated rings. The first kappa shape index (κ1) is 14.8. The molecule has 1 N–H and O–H groups in total. The molecule has 0 aliphatic heterocycles. The van der Waals surface area contributed by atoms with E-state index < -0.39 is 11.9 Å². The lowest BCUT2D eigenvalue weighted by molar-refractivity contribution is -0.138. The molecule has 0 spiro atoms. The Labute approximate surface area is 114 Å². The van der Waals surface area contributed by atoms with Crippen molar-refractivity contribution in [3.63, 3.8) is 0 Å². The molecule has 0 heterocycles.